The van der Waals surface area contributed by atoms with Crippen molar-refractivity contribution in [3.05, 3.63) is 46.0 Å². The Kier molecular flexibility index (Phi) is 8.83. The van der Waals surface area contributed by atoms with Gasteiger partial charge in [0.25, 0.3) is 0 Å². The summed E-state index contributed by atoms with van der Waals surface area (Å²) < 4.78 is 4.94. The molecule has 0 spiro atoms. The van der Waals surface area contributed by atoms with Crippen LogP contribution in [0, 0.1) is 5.92 Å². The van der Waals surface area contributed by atoms with Crippen molar-refractivity contribution in [3.63, 3.8) is 0 Å². The zero-order valence-electron chi connectivity index (χ0n) is 17.8. The van der Waals surface area contributed by atoms with Crippen molar-refractivity contribution in [3.8, 4) is 0 Å². The number of alkyl carbamates (subject to hydrolysis) is 1. The van der Waals surface area contributed by atoms with Crippen LogP contribution in [0.25, 0.3) is 21.3 Å². The van der Waals surface area contributed by atoms with Crippen LogP contribution < -0.4 is 5.32 Å². The van der Waals surface area contributed by atoms with Gasteiger partial charge in [-0.25, -0.2) is 4.79 Å². The lowest BCUT2D eigenvalue weighted by atomic mass is 10.0. The summed E-state index contributed by atoms with van der Waals surface area (Å²) in [6.07, 6.45) is 4.61. The summed E-state index contributed by atoms with van der Waals surface area (Å²) in [5.74, 6) is 0.639. The molecule has 2 N–H and O–H groups in total. The number of H-pyrrole nitrogens is 1. The highest BCUT2D eigenvalue weighted by Gasteiger charge is 2.22. The van der Waals surface area contributed by atoms with Gasteiger partial charge < -0.3 is 19.9 Å². The molecule has 1 unspecified atom stereocenters. The van der Waals surface area contributed by atoms with E-state index in [1.807, 2.05) is 0 Å². The van der Waals surface area contributed by atoms with Gasteiger partial charge in [-0.3, -0.25) is 0 Å². The number of hydrogen-bond donors (Lipinski definition) is 2. The lowest BCUT2D eigenvalue weighted by Crippen LogP contribution is -2.28. The highest BCUT2D eigenvalue weighted by atomic mass is 16.6. The summed E-state index contributed by atoms with van der Waals surface area (Å²) in [6.45, 7) is 6.33. The number of carbonyl (C=O) groups is 1. The van der Waals surface area contributed by atoms with Gasteiger partial charge in [-0.2, -0.15) is 0 Å². The molecule has 2 heterocycles. The molecule has 1 aliphatic heterocycles. The van der Waals surface area contributed by atoms with E-state index in [9.17, 15) is 4.79 Å². The van der Waals surface area contributed by atoms with Crippen LogP contribution in [-0.4, -0.2) is 55.8 Å². The Hall–Kier alpha value is -2.70. The molecule has 8 heteroatoms. The number of azide groups is 1. The smallest absolute Gasteiger partial charge is 0.407 e. The summed E-state index contributed by atoms with van der Waals surface area (Å²) in [7, 11) is 4.17. The summed E-state index contributed by atoms with van der Waals surface area (Å²) >= 11 is 0. The molecule has 8 nitrogen and oxygen atoms in total. The quantitative estimate of drug-likeness (QED) is 0.393. The fraction of sp³-hybridized carbons (Fsp3) is 0.571. The second-order valence-electron chi connectivity index (χ2n) is 8.03. The van der Waals surface area contributed by atoms with Gasteiger partial charge in [0.15, 0.2) is 0 Å². The lowest BCUT2D eigenvalue weighted by Gasteiger charge is -2.09. The minimum Gasteiger partial charge on any atom is -0.447 e. The monoisotopic (exact) mass is 400 g/mol. The first-order valence-corrected chi connectivity index (χ1v) is 10.1. The highest BCUT2D eigenvalue weighted by molar-refractivity contribution is 5.84. The van der Waals surface area contributed by atoms with Gasteiger partial charge in [0.1, 0.15) is 6.61 Å². The van der Waals surface area contributed by atoms with Crippen LogP contribution >= 0.6 is 0 Å². The summed E-state index contributed by atoms with van der Waals surface area (Å²) in [5.41, 5.74) is 11.6. The first-order chi connectivity index (χ1) is 13.9. The predicted octanol–water partition coefficient (Wildman–Crippen LogP) is 4.27. The first kappa shape index (κ1) is 22.6. The molecule has 3 rings (SSSR count). The van der Waals surface area contributed by atoms with Crippen molar-refractivity contribution < 1.29 is 9.53 Å². The average molecular weight is 401 g/mol. The summed E-state index contributed by atoms with van der Waals surface area (Å²) in [5, 5.41) is 7.49. The molecule has 0 aliphatic carbocycles. The molecular weight excluding hydrogens is 368 g/mol. The second-order valence-corrected chi connectivity index (χ2v) is 8.03. The van der Waals surface area contributed by atoms with Crippen molar-refractivity contribution in [2.75, 3.05) is 33.8 Å². The molecule has 158 valence electrons. The van der Waals surface area contributed by atoms with E-state index in [0.29, 0.717) is 19.1 Å². The summed E-state index contributed by atoms with van der Waals surface area (Å²) in [4.78, 5) is 19.2. The van der Waals surface area contributed by atoms with E-state index in [1.165, 1.54) is 22.0 Å². The van der Waals surface area contributed by atoms with Gasteiger partial charge >= 0.3 is 6.09 Å². The molecule has 1 aromatic heterocycles. The Bertz CT molecular complexity index is 839. The third-order valence-electron chi connectivity index (χ3n) is 4.75. The van der Waals surface area contributed by atoms with Crippen molar-refractivity contribution in [1.29, 1.82) is 0 Å². The third-order valence-corrected chi connectivity index (χ3v) is 4.75. The number of benzene rings is 1. The number of nitrogens with zero attached hydrogens (tertiary/aromatic N) is 4. The minimum absolute atomic E-state index is 0.0825. The van der Waals surface area contributed by atoms with Crippen molar-refractivity contribution in [1.82, 2.24) is 15.2 Å². The highest BCUT2D eigenvalue weighted by Crippen LogP contribution is 2.21. The first-order valence-electron chi connectivity index (χ1n) is 10.1. The molecule has 1 atom stereocenters. The fourth-order valence-electron chi connectivity index (χ4n) is 3.08. The minimum atomic E-state index is -0.311. The molecule has 0 radical (unpaired) electrons. The standard InChI is InChI=1S/C16H21N3O2.C5H11N3/c1-19(2)6-5-12-9-17-15-4-3-11(8-14(12)15)7-13-10-21-16(20)18-13;1-5(2)3-4-7-8-6/h3-4,8-9,13,17H,5-7,10H2,1-2H3,(H,18,20);5H,3-4H2,1-2H3. The van der Waals surface area contributed by atoms with E-state index in [-0.39, 0.29) is 12.1 Å². The molecule has 29 heavy (non-hydrogen) atoms. The Morgan fingerprint density at radius 3 is 2.79 bits per heavy atom. The molecule has 2 aromatic rings. The number of carbonyl (C=O) groups excluding carboxylic acids is 1. The van der Waals surface area contributed by atoms with Crippen molar-refractivity contribution >= 4 is 17.0 Å². The molecule has 0 bridgehead atoms. The molecule has 1 aliphatic rings. The molecular formula is C21H32N6O2. The van der Waals surface area contributed by atoms with E-state index in [2.05, 4.69) is 77.6 Å². The number of ether oxygens (including phenoxy) is 1. The Labute approximate surface area is 172 Å². The van der Waals surface area contributed by atoms with Crippen LogP contribution in [0.3, 0.4) is 0 Å². The van der Waals surface area contributed by atoms with E-state index < -0.39 is 0 Å². The van der Waals surface area contributed by atoms with Crippen LogP contribution in [0.5, 0.6) is 0 Å². The normalized spacial score (nSPS) is 15.7. The molecule has 1 aromatic carbocycles. The van der Waals surface area contributed by atoms with E-state index in [1.54, 1.807) is 0 Å². The van der Waals surface area contributed by atoms with Gasteiger partial charge in [0, 0.05) is 35.1 Å². The number of cyclic esters (lactones) is 1. The fourth-order valence-corrected chi connectivity index (χ4v) is 3.08. The number of rotatable bonds is 8. The van der Waals surface area contributed by atoms with Gasteiger partial charge in [0.2, 0.25) is 0 Å². The maximum Gasteiger partial charge on any atom is 0.407 e. The van der Waals surface area contributed by atoms with Gasteiger partial charge in [-0.05, 0) is 68.1 Å². The zero-order chi connectivity index (χ0) is 21.2. The van der Waals surface area contributed by atoms with E-state index >= 15 is 0 Å². The van der Waals surface area contributed by atoms with Crippen LogP contribution in [0.1, 0.15) is 31.4 Å². The molecule has 1 saturated heterocycles. The molecule has 1 amide bonds. The van der Waals surface area contributed by atoms with E-state index in [0.717, 1.165) is 25.8 Å². The van der Waals surface area contributed by atoms with Crippen LogP contribution in [0.15, 0.2) is 29.5 Å². The molecule has 0 saturated carbocycles. The third kappa shape index (κ3) is 7.68. The maximum atomic E-state index is 11.1. The van der Waals surface area contributed by atoms with E-state index in [4.69, 9.17) is 10.3 Å². The number of likely N-dealkylation sites (N-methyl/N-ethyl adjacent to an activating group) is 1. The number of aromatic amines is 1. The Morgan fingerprint density at radius 2 is 2.17 bits per heavy atom. The number of fused-ring (bicyclic) bond motifs is 1. The van der Waals surface area contributed by atoms with Gasteiger partial charge in [-0.1, -0.05) is 25.0 Å². The summed E-state index contributed by atoms with van der Waals surface area (Å²) in [6, 6.07) is 6.53. The Morgan fingerprint density at radius 1 is 1.38 bits per heavy atom. The topological polar surface area (TPSA) is 106 Å². The largest absolute Gasteiger partial charge is 0.447 e. The number of nitrogens with one attached hydrogen (secondary N) is 2. The SMILES string of the molecule is CC(C)CCN=[N+]=[N-].CN(C)CCc1c[nH]c2ccc(CC3COC(=O)N3)cc12. The van der Waals surface area contributed by atoms with Crippen molar-refractivity contribution in [2.45, 2.75) is 39.2 Å². The zero-order valence-corrected chi connectivity index (χ0v) is 17.8. The Balaban J connectivity index is 0.000000321. The van der Waals surface area contributed by atoms with Crippen LogP contribution in [-0.2, 0) is 17.6 Å². The second kappa shape index (κ2) is 11.3. The van der Waals surface area contributed by atoms with Gasteiger partial charge in [0.05, 0.1) is 6.04 Å². The maximum absolute atomic E-state index is 11.1. The van der Waals surface area contributed by atoms with Gasteiger partial charge in [-0.15, -0.1) is 0 Å². The predicted molar refractivity (Wildman–Crippen MR) is 116 cm³/mol. The number of hydrogen-bond acceptors (Lipinski definition) is 4. The van der Waals surface area contributed by atoms with Crippen LogP contribution in [0.4, 0.5) is 4.79 Å². The van der Waals surface area contributed by atoms with Crippen molar-refractivity contribution in [2.24, 2.45) is 11.0 Å². The lowest BCUT2D eigenvalue weighted by molar-refractivity contribution is 0.177. The average Bonchev–Trinajstić information content (AvgIpc) is 3.26. The number of aromatic nitrogens is 1. The molecule has 1 fully saturated rings. The van der Waals surface area contributed by atoms with Crippen LogP contribution in [0.2, 0.25) is 0 Å². The number of amides is 1.